The predicted octanol–water partition coefficient (Wildman–Crippen LogP) is 3.81. The van der Waals surface area contributed by atoms with Crippen molar-refractivity contribution in [2.75, 3.05) is 0 Å². The van der Waals surface area contributed by atoms with E-state index in [9.17, 15) is 9.90 Å². The maximum Gasteiger partial charge on any atom is 0.331 e. The number of carbonyl (C=O) groups is 1. The van der Waals surface area contributed by atoms with E-state index >= 15 is 0 Å². The molecule has 3 nitrogen and oxygen atoms in total. The number of carboxylic acids is 1. The molecular formula is C16H16O3. The fourth-order valence-electron chi connectivity index (χ4n) is 2.22. The van der Waals surface area contributed by atoms with Gasteiger partial charge in [0.2, 0.25) is 0 Å². The van der Waals surface area contributed by atoms with Crippen LogP contribution in [-0.2, 0) is 4.79 Å². The highest BCUT2D eigenvalue weighted by Gasteiger charge is 2.10. The van der Waals surface area contributed by atoms with Gasteiger partial charge in [0.15, 0.2) is 0 Å². The maximum atomic E-state index is 11.2. The standard InChI is InChI=1S/C16H16O3/c1-3-15(16(18)19)10(2)11-4-5-13-9-14(17)7-6-12(13)8-11/h4-9,17H,3H2,1-2H3,(H,18,19)/b15-10+. The third kappa shape index (κ3) is 2.60. The average molecular weight is 256 g/mol. The van der Waals surface area contributed by atoms with Crippen molar-refractivity contribution in [3.05, 3.63) is 47.5 Å². The first-order valence-corrected chi connectivity index (χ1v) is 6.19. The van der Waals surface area contributed by atoms with Gasteiger partial charge >= 0.3 is 5.97 Å². The van der Waals surface area contributed by atoms with Crippen molar-refractivity contribution in [1.29, 1.82) is 0 Å². The van der Waals surface area contributed by atoms with Crippen LogP contribution < -0.4 is 0 Å². The molecule has 2 aromatic carbocycles. The highest BCUT2D eigenvalue weighted by atomic mass is 16.4. The molecule has 0 bridgehead atoms. The molecule has 2 aromatic rings. The van der Waals surface area contributed by atoms with Gasteiger partial charge in [-0.05, 0) is 53.5 Å². The van der Waals surface area contributed by atoms with Crippen molar-refractivity contribution < 1.29 is 15.0 Å². The molecule has 0 spiro atoms. The summed E-state index contributed by atoms with van der Waals surface area (Å²) < 4.78 is 0. The largest absolute Gasteiger partial charge is 0.508 e. The van der Waals surface area contributed by atoms with E-state index in [1.807, 2.05) is 38.1 Å². The summed E-state index contributed by atoms with van der Waals surface area (Å²) in [5.74, 6) is -0.641. The topological polar surface area (TPSA) is 57.5 Å². The lowest BCUT2D eigenvalue weighted by Crippen LogP contribution is -2.02. The van der Waals surface area contributed by atoms with Crippen molar-refractivity contribution in [2.24, 2.45) is 0 Å². The molecule has 0 amide bonds. The lowest BCUT2D eigenvalue weighted by atomic mass is 9.97. The number of hydrogen-bond donors (Lipinski definition) is 2. The van der Waals surface area contributed by atoms with E-state index in [1.165, 1.54) is 0 Å². The fraction of sp³-hybridized carbons (Fsp3) is 0.188. The fourth-order valence-corrected chi connectivity index (χ4v) is 2.22. The van der Waals surface area contributed by atoms with Crippen LogP contribution in [0.15, 0.2) is 42.0 Å². The summed E-state index contributed by atoms with van der Waals surface area (Å²) in [6, 6.07) is 10.9. The molecule has 0 radical (unpaired) electrons. The van der Waals surface area contributed by atoms with E-state index in [2.05, 4.69) is 0 Å². The van der Waals surface area contributed by atoms with Gasteiger partial charge in [0, 0.05) is 5.57 Å². The van der Waals surface area contributed by atoms with E-state index in [4.69, 9.17) is 5.11 Å². The van der Waals surface area contributed by atoms with Crippen LogP contribution in [0.25, 0.3) is 16.3 Å². The third-order valence-corrected chi connectivity index (χ3v) is 3.32. The number of rotatable bonds is 3. The van der Waals surface area contributed by atoms with Crippen LogP contribution in [-0.4, -0.2) is 16.2 Å². The minimum absolute atomic E-state index is 0.229. The molecule has 98 valence electrons. The van der Waals surface area contributed by atoms with Gasteiger partial charge in [0.25, 0.3) is 0 Å². The van der Waals surface area contributed by atoms with Gasteiger partial charge in [-0.3, -0.25) is 0 Å². The number of phenolic OH excluding ortho intramolecular Hbond substituents is 1. The van der Waals surface area contributed by atoms with Gasteiger partial charge < -0.3 is 10.2 Å². The first-order chi connectivity index (χ1) is 9.02. The molecule has 0 heterocycles. The maximum absolute atomic E-state index is 11.2. The summed E-state index contributed by atoms with van der Waals surface area (Å²) in [6.45, 7) is 3.67. The minimum atomic E-state index is -0.870. The van der Waals surface area contributed by atoms with Crippen molar-refractivity contribution >= 4 is 22.3 Å². The number of hydrogen-bond acceptors (Lipinski definition) is 2. The highest BCUT2D eigenvalue weighted by molar-refractivity contribution is 5.97. The third-order valence-electron chi connectivity index (χ3n) is 3.32. The van der Waals surface area contributed by atoms with E-state index < -0.39 is 5.97 Å². The lowest BCUT2D eigenvalue weighted by Gasteiger charge is -2.08. The molecule has 2 N–H and O–H groups in total. The van der Waals surface area contributed by atoms with Crippen LogP contribution in [0.5, 0.6) is 5.75 Å². The Morgan fingerprint density at radius 2 is 1.74 bits per heavy atom. The van der Waals surface area contributed by atoms with Crippen molar-refractivity contribution in [3.63, 3.8) is 0 Å². The number of benzene rings is 2. The number of allylic oxidation sites excluding steroid dienone is 1. The summed E-state index contributed by atoms with van der Waals surface area (Å²) in [6.07, 6.45) is 0.495. The molecular weight excluding hydrogens is 240 g/mol. The molecule has 0 atom stereocenters. The van der Waals surface area contributed by atoms with Crippen LogP contribution >= 0.6 is 0 Å². The number of phenols is 1. The Morgan fingerprint density at radius 1 is 1.11 bits per heavy atom. The van der Waals surface area contributed by atoms with Crippen LogP contribution in [0, 0.1) is 0 Å². The quantitative estimate of drug-likeness (QED) is 0.821. The molecule has 3 heteroatoms. The normalized spacial score (nSPS) is 12.3. The SMILES string of the molecule is CC/C(C(=O)O)=C(/C)c1ccc2cc(O)ccc2c1. The molecule has 0 aromatic heterocycles. The van der Waals surface area contributed by atoms with Crippen LogP contribution in [0.2, 0.25) is 0 Å². The van der Waals surface area contributed by atoms with E-state index in [-0.39, 0.29) is 5.75 Å². The van der Waals surface area contributed by atoms with E-state index in [1.54, 1.807) is 12.1 Å². The van der Waals surface area contributed by atoms with Crippen LogP contribution in [0.1, 0.15) is 25.8 Å². The average Bonchev–Trinajstić information content (AvgIpc) is 2.38. The lowest BCUT2D eigenvalue weighted by molar-refractivity contribution is -0.132. The minimum Gasteiger partial charge on any atom is -0.508 e. The van der Waals surface area contributed by atoms with Gasteiger partial charge in [-0.1, -0.05) is 25.1 Å². The smallest absolute Gasteiger partial charge is 0.331 e. The molecule has 0 aliphatic heterocycles. The summed E-state index contributed by atoms with van der Waals surface area (Å²) >= 11 is 0. The van der Waals surface area contributed by atoms with Gasteiger partial charge in [0.05, 0.1) is 0 Å². The van der Waals surface area contributed by atoms with E-state index in [0.29, 0.717) is 12.0 Å². The molecule has 19 heavy (non-hydrogen) atoms. The Labute approximate surface area is 111 Å². The Kier molecular flexibility index (Phi) is 3.56. The predicted molar refractivity (Wildman–Crippen MR) is 76.1 cm³/mol. The molecule has 0 fully saturated rings. The molecule has 0 aliphatic rings. The number of carboxylic acid groups (broad SMARTS) is 1. The zero-order chi connectivity index (χ0) is 14.0. The van der Waals surface area contributed by atoms with Gasteiger partial charge in [0.1, 0.15) is 5.75 Å². The Bertz CT molecular complexity index is 669. The number of aliphatic carboxylic acids is 1. The molecule has 0 aliphatic carbocycles. The summed E-state index contributed by atoms with van der Waals surface area (Å²) in [5, 5.41) is 20.5. The van der Waals surface area contributed by atoms with Crippen molar-refractivity contribution in [1.82, 2.24) is 0 Å². The first-order valence-electron chi connectivity index (χ1n) is 6.19. The monoisotopic (exact) mass is 256 g/mol. The van der Waals surface area contributed by atoms with Gasteiger partial charge in [-0.15, -0.1) is 0 Å². The van der Waals surface area contributed by atoms with Crippen LogP contribution in [0.4, 0.5) is 0 Å². The summed E-state index contributed by atoms with van der Waals surface area (Å²) in [5.41, 5.74) is 2.11. The second-order valence-electron chi connectivity index (χ2n) is 4.51. The van der Waals surface area contributed by atoms with Gasteiger partial charge in [-0.25, -0.2) is 4.79 Å². The zero-order valence-electron chi connectivity index (χ0n) is 11.0. The molecule has 2 rings (SSSR count). The van der Waals surface area contributed by atoms with Crippen molar-refractivity contribution in [2.45, 2.75) is 20.3 Å². The zero-order valence-corrected chi connectivity index (χ0v) is 11.0. The Hall–Kier alpha value is -2.29. The number of aromatic hydroxyl groups is 1. The second-order valence-corrected chi connectivity index (χ2v) is 4.51. The first kappa shape index (κ1) is 13.1. The highest BCUT2D eigenvalue weighted by Crippen LogP contribution is 2.26. The number of fused-ring (bicyclic) bond motifs is 1. The summed E-state index contributed by atoms with van der Waals surface area (Å²) in [7, 11) is 0. The molecule has 0 saturated carbocycles. The van der Waals surface area contributed by atoms with Crippen LogP contribution in [0.3, 0.4) is 0 Å². The van der Waals surface area contributed by atoms with Gasteiger partial charge in [-0.2, -0.15) is 0 Å². The Balaban J connectivity index is 2.58. The molecule has 0 saturated heterocycles. The van der Waals surface area contributed by atoms with E-state index in [0.717, 1.165) is 21.9 Å². The summed E-state index contributed by atoms with van der Waals surface area (Å²) in [4.78, 5) is 11.2. The Morgan fingerprint density at radius 3 is 2.37 bits per heavy atom. The molecule has 0 unspecified atom stereocenters. The van der Waals surface area contributed by atoms with Crippen molar-refractivity contribution in [3.8, 4) is 5.75 Å². The second kappa shape index (κ2) is 5.14.